The lowest BCUT2D eigenvalue weighted by molar-refractivity contribution is 0.176. The third kappa shape index (κ3) is 7.46. The van der Waals surface area contributed by atoms with Crippen LogP contribution in [0.3, 0.4) is 0 Å². The number of benzene rings is 1. The summed E-state index contributed by atoms with van der Waals surface area (Å²) in [6, 6.07) is 7.08. The van der Waals surface area contributed by atoms with Gasteiger partial charge in [0.1, 0.15) is 5.82 Å². The van der Waals surface area contributed by atoms with E-state index < -0.39 is 0 Å². The number of guanidine groups is 1. The van der Waals surface area contributed by atoms with Crippen LogP contribution in [0, 0.1) is 25.6 Å². The number of hydrogen-bond acceptors (Lipinski definition) is 4. The van der Waals surface area contributed by atoms with Gasteiger partial charge in [-0.25, -0.2) is 9.37 Å². The van der Waals surface area contributed by atoms with E-state index >= 15 is 0 Å². The Balaban J connectivity index is 0.00000320. The third-order valence-electron chi connectivity index (χ3n) is 5.54. The number of likely N-dealkylation sites (tertiary alicyclic amines) is 1. The van der Waals surface area contributed by atoms with Crippen molar-refractivity contribution >= 4 is 41.3 Å². The van der Waals surface area contributed by atoms with Crippen molar-refractivity contribution in [1.29, 1.82) is 0 Å². The van der Waals surface area contributed by atoms with Crippen LogP contribution in [-0.4, -0.2) is 49.1 Å². The van der Waals surface area contributed by atoms with Crippen LogP contribution >= 0.6 is 35.3 Å². The van der Waals surface area contributed by atoms with E-state index in [2.05, 4.69) is 39.4 Å². The lowest BCUT2D eigenvalue weighted by atomic mass is 9.96. The average molecular weight is 546 g/mol. The molecular formula is C22H33FIN5S. The number of aromatic nitrogens is 1. The minimum atomic E-state index is -0.103. The van der Waals surface area contributed by atoms with Crippen LogP contribution in [0.1, 0.15) is 34.0 Å². The van der Waals surface area contributed by atoms with Crippen molar-refractivity contribution in [3.8, 4) is 0 Å². The van der Waals surface area contributed by atoms with Crippen LogP contribution in [-0.2, 0) is 13.0 Å². The standard InChI is InChI=1S/C22H32FN5S.HI/c1-16-17(2)29-21(27-16)8-11-25-22(24-3)26-14-18-9-12-28(13-10-18)15-19-6-4-5-7-20(19)23;/h4-7,18H,8-15H2,1-3H3,(H2,24,25,26);1H. The summed E-state index contributed by atoms with van der Waals surface area (Å²) in [7, 11) is 1.81. The largest absolute Gasteiger partial charge is 0.356 e. The predicted octanol–water partition coefficient (Wildman–Crippen LogP) is 4.14. The highest BCUT2D eigenvalue weighted by Gasteiger charge is 2.20. The molecule has 5 nitrogen and oxygen atoms in total. The molecule has 1 aliphatic rings. The summed E-state index contributed by atoms with van der Waals surface area (Å²) < 4.78 is 13.8. The lowest BCUT2D eigenvalue weighted by Gasteiger charge is -2.32. The Morgan fingerprint density at radius 3 is 2.60 bits per heavy atom. The molecule has 1 saturated heterocycles. The molecule has 166 valence electrons. The molecule has 1 aliphatic heterocycles. The van der Waals surface area contributed by atoms with E-state index in [9.17, 15) is 4.39 Å². The van der Waals surface area contributed by atoms with Gasteiger partial charge in [0.15, 0.2) is 5.96 Å². The van der Waals surface area contributed by atoms with Gasteiger partial charge in [0.2, 0.25) is 0 Å². The van der Waals surface area contributed by atoms with Crippen LogP contribution in [0.5, 0.6) is 0 Å². The molecule has 0 unspecified atom stereocenters. The maximum absolute atomic E-state index is 13.8. The molecule has 0 amide bonds. The Hall–Kier alpha value is -1.26. The minimum absolute atomic E-state index is 0. The Labute approximate surface area is 200 Å². The van der Waals surface area contributed by atoms with Crippen molar-refractivity contribution in [2.45, 2.75) is 39.7 Å². The van der Waals surface area contributed by atoms with E-state index in [4.69, 9.17) is 0 Å². The first-order valence-corrected chi connectivity index (χ1v) is 11.2. The van der Waals surface area contributed by atoms with E-state index in [-0.39, 0.29) is 29.8 Å². The Bertz CT molecular complexity index is 798. The van der Waals surface area contributed by atoms with E-state index in [1.54, 1.807) is 23.5 Å². The maximum Gasteiger partial charge on any atom is 0.190 e. The van der Waals surface area contributed by atoms with Crippen molar-refractivity contribution in [3.05, 3.63) is 51.2 Å². The smallest absolute Gasteiger partial charge is 0.190 e. The number of aryl methyl sites for hydroxylation is 2. The summed E-state index contributed by atoms with van der Waals surface area (Å²) in [5.74, 6) is 1.37. The molecule has 0 spiro atoms. The number of hydrogen-bond donors (Lipinski definition) is 2. The molecule has 1 fully saturated rings. The van der Waals surface area contributed by atoms with Crippen molar-refractivity contribution in [2.75, 3.05) is 33.2 Å². The molecular weight excluding hydrogens is 512 g/mol. The highest BCUT2D eigenvalue weighted by molar-refractivity contribution is 14.0. The van der Waals surface area contributed by atoms with Gasteiger partial charge < -0.3 is 10.6 Å². The number of nitrogens with zero attached hydrogens (tertiary/aromatic N) is 3. The van der Waals surface area contributed by atoms with Crippen molar-refractivity contribution < 1.29 is 4.39 Å². The zero-order valence-corrected chi connectivity index (χ0v) is 21.2. The molecule has 1 aromatic carbocycles. The van der Waals surface area contributed by atoms with Gasteiger partial charge in [-0.1, -0.05) is 18.2 Å². The van der Waals surface area contributed by atoms with Crippen LogP contribution < -0.4 is 10.6 Å². The zero-order valence-electron chi connectivity index (χ0n) is 18.1. The summed E-state index contributed by atoms with van der Waals surface area (Å²) >= 11 is 1.77. The monoisotopic (exact) mass is 545 g/mol. The highest BCUT2D eigenvalue weighted by Crippen LogP contribution is 2.19. The van der Waals surface area contributed by atoms with Gasteiger partial charge in [-0.15, -0.1) is 35.3 Å². The summed E-state index contributed by atoms with van der Waals surface area (Å²) in [6.07, 6.45) is 3.15. The molecule has 0 atom stereocenters. The van der Waals surface area contributed by atoms with Gasteiger partial charge >= 0.3 is 0 Å². The molecule has 30 heavy (non-hydrogen) atoms. The number of aliphatic imine (C=N–C) groups is 1. The molecule has 1 aromatic heterocycles. The summed E-state index contributed by atoms with van der Waals surface area (Å²) in [4.78, 5) is 12.6. The van der Waals surface area contributed by atoms with E-state index in [0.717, 1.165) is 62.7 Å². The molecule has 8 heteroatoms. The molecule has 0 radical (unpaired) electrons. The first kappa shape index (κ1) is 25.0. The quantitative estimate of drug-likeness (QED) is 0.312. The second kappa shape index (κ2) is 12.6. The number of nitrogens with one attached hydrogen (secondary N) is 2. The maximum atomic E-state index is 13.8. The summed E-state index contributed by atoms with van der Waals surface area (Å²) in [5.41, 5.74) is 1.92. The fourth-order valence-electron chi connectivity index (χ4n) is 3.61. The van der Waals surface area contributed by atoms with E-state index in [1.807, 2.05) is 19.2 Å². The summed E-state index contributed by atoms with van der Waals surface area (Å²) in [5, 5.41) is 8.02. The van der Waals surface area contributed by atoms with E-state index in [1.165, 1.54) is 9.88 Å². The predicted molar refractivity (Wildman–Crippen MR) is 134 cm³/mol. The second-order valence-corrected chi connectivity index (χ2v) is 8.98. The average Bonchev–Trinajstić information content (AvgIpc) is 3.04. The molecule has 2 aromatic rings. The zero-order chi connectivity index (χ0) is 20.6. The SMILES string of the molecule is CN=C(NCCc1nc(C)c(C)s1)NCC1CCN(Cc2ccccc2F)CC1.I. The Morgan fingerprint density at radius 1 is 1.23 bits per heavy atom. The molecule has 2 N–H and O–H groups in total. The van der Waals surface area contributed by atoms with Crippen molar-refractivity contribution in [1.82, 2.24) is 20.5 Å². The fraction of sp³-hybridized carbons (Fsp3) is 0.545. The van der Waals surface area contributed by atoms with Crippen LogP contribution in [0.15, 0.2) is 29.3 Å². The number of thiazole rings is 1. The van der Waals surface area contributed by atoms with Gasteiger partial charge in [-0.05, 0) is 51.8 Å². The second-order valence-electron chi connectivity index (χ2n) is 7.69. The third-order valence-corrected chi connectivity index (χ3v) is 6.68. The molecule has 3 rings (SSSR count). The minimum Gasteiger partial charge on any atom is -0.356 e. The summed E-state index contributed by atoms with van der Waals surface area (Å²) in [6.45, 7) is 8.64. The van der Waals surface area contributed by atoms with Crippen LogP contribution in [0.4, 0.5) is 4.39 Å². The number of halogens is 2. The first-order valence-electron chi connectivity index (χ1n) is 10.4. The molecule has 0 aliphatic carbocycles. The molecule has 0 bridgehead atoms. The first-order chi connectivity index (χ1) is 14.0. The highest BCUT2D eigenvalue weighted by atomic mass is 127. The van der Waals surface area contributed by atoms with Gasteiger partial charge in [0.05, 0.1) is 10.7 Å². The van der Waals surface area contributed by atoms with Crippen molar-refractivity contribution in [3.63, 3.8) is 0 Å². The Kier molecular flexibility index (Phi) is 10.5. The number of rotatable bonds is 7. The topological polar surface area (TPSA) is 52.6 Å². The lowest BCUT2D eigenvalue weighted by Crippen LogP contribution is -2.43. The van der Waals surface area contributed by atoms with Gasteiger partial charge in [0.25, 0.3) is 0 Å². The van der Waals surface area contributed by atoms with Gasteiger partial charge in [-0.3, -0.25) is 9.89 Å². The van der Waals surface area contributed by atoms with Crippen LogP contribution in [0.25, 0.3) is 0 Å². The van der Waals surface area contributed by atoms with Gasteiger partial charge in [0, 0.05) is 43.5 Å². The molecule has 2 heterocycles. The normalized spacial score (nSPS) is 15.7. The van der Waals surface area contributed by atoms with E-state index in [0.29, 0.717) is 12.5 Å². The van der Waals surface area contributed by atoms with Gasteiger partial charge in [-0.2, -0.15) is 0 Å². The van der Waals surface area contributed by atoms with Crippen LogP contribution in [0.2, 0.25) is 0 Å². The molecule has 0 saturated carbocycles. The fourth-order valence-corrected chi connectivity index (χ4v) is 4.55. The Morgan fingerprint density at radius 2 is 1.97 bits per heavy atom. The number of piperidine rings is 1. The van der Waals surface area contributed by atoms with Crippen molar-refractivity contribution in [2.24, 2.45) is 10.9 Å².